The summed E-state index contributed by atoms with van der Waals surface area (Å²) in [5.41, 5.74) is 3.80. The zero-order valence-electron chi connectivity index (χ0n) is 14.5. The maximum absolute atomic E-state index is 5.58. The molecule has 0 fully saturated rings. The lowest BCUT2D eigenvalue weighted by Gasteiger charge is -2.11. The van der Waals surface area contributed by atoms with Gasteiger partial charge >= 0.3 is 0 Å². The lowest BCUT2D eigenvalue weighted by Crippen LogP contribution is -2.09. The van der Waals surface area contributed by atoms with Gasteiger partial charge in [-0.05, 0) is 49.6 Å². The summed E-state index contributed by atoms with van der Waals surface area (Å²) in [5.74, 6) is 1.30. The number of aryl methyl sites for hydroxylation is 1. The summed E-state index contributed by atoms with van der Waals surface area (Å²) in [5, 5.41) is 3.24. The SMILES string of the molecule is CCOCCCNc1ncc(-c2ccncc2C)c(-c2ccco2)n1. The molecule has 0 aliphatic rings. The van der Waals surface area contributed by atoms with E-state index < -0.39 is 0 Å². The molecule has 3 aromatic heterocycles. The van der Waals surface area contributed by atoms with Gasteiger partial charge < -0.3 is 14.5 Å². The minimum atomic E-state index is 0.582. The van der Waals surface area contributed by atoms with E-state index in [9.17, 15) is 0 Å². The molecule has 0 saturated carbocycles. The molecule has 0 aromatic carbocycles. The van der Waals surface area contributed by atoms with E-state index in [0.29, 0.717) is 11.7 Å². The number of ether oxygens (including phenoxy) is 1. The Bertz CT molecular complexity index is 803. The van der Waals surface area contributed by atoms with Gasteiger partial charge in [0.2, 0.25) is 5.95 Å². The third kappa shape index (κ3) is 4.22. The van der Waals surface area contributed by atoms with Crippen molar-refractivity contribution in [3.05, 3.63) is 48.6 Å². The van der Waals surface area contributed by atoms with Crippen LogP contribution in [-0.2, 0) is 4.74 Å². The summed E-state index contributed by atoms with van der Waals surface area (Å²) in [6, 6.07) is 5.73. The van der Waals surface area contributed by atoms with E-state index in [-0.39, 0.29) is 0 Å². The van der Waals surface area contributed by atoms with Gasteiger partial charge in [0.15, 0.2) is 5.76 Å². The van der Waals surface area contributed by atoms with Crippen LogP contribution in [0.2, 0.25) is 0 Å². The van der Waals surface area contributed by atoms with Crippen LogP contribution in [0.1, 0.15) is 18.9 Å². The molecule has 1 N–H and O–H groups in total. The Morgan fingerprint density at radius 3 is 2.88 bits per heavy atom. The number of rotatable bonds is 8. The molecule has 0 unspecified atom stereocenters. The Morgan fingerprint density at radius 1 is 1.20 bits per heavy atom. The van der Waals surface area contributed by atoms with Crippen LogP contribution < -0.4 is 5.32 Å². The van der Waals surface area contributed by atoms with Gasteiger partial charge in [0, 0.05) is 43.9 Å². The molecule has 6 heteroatoms. The Hall–Kier alpha value is -2.73. The average Bonchev–Trinajstić information content (AvgIpc) is 3.17. The van der Waals surface area contributed by atoms with Gasteiger partial charge in [-0.25, -0.2) is 9.97 Å². The molecule has 3 rings (SSSR count). The third-order valence-electron chi connectivity index (χ3n) is 3.81. The molecule has 130 valence electrons. The second-order valence-corrected chi connectivity index (χ2v) is 5.60. The largest absolute Gasteiger partial charge is 0.463 e. The highest BCUT2D eigenvalue weighted by molar-refractivity contribution is 5.80. The lowest BCUT2D eigenvalue weighted by molar-refractivity contribution is 0.147. The third-order valence-corrected chi connectivity index (χ3v) is 3.81. The molecule has 25 heavy (non-hydrogen) atoms. The van der Waals surface area contributed by atoms with E-state index in [1.807, 2.05) is 44.4 Å². The number of nitrogens with one attached hydrogen (secondary N) is 1. The molecule has 0 radical (unpaired) electrons. The molecule has 0 bridgehead atoms. The number of nitrogens with zero attached hydrogens (tertiary/aromatic N) is 3. The maximum Gasteiger partial charge on any atom is 0.223 e. The van der Waals surface area contributed by atoms with E-state index in [2.05, 4.69) is 20.3 Å². The normalized spacial score (nSPS) is 10.8. The predicted molar refractivity (Wildman–Crippen MR) is 97.3 cm³/mol. The van der Waals surface area contributed by atoms with Crippen LogP contribution in [0.5, 0.6) is 0 Å². The predicted octanol–water partition coefficient (Wildman–Crippen LogP) is 3.95. The monoisotopic (exact) mass is 338 g/mol. The smallest absolute Gasteiger partial charge is 0.223 e. The van der Waals surface area contributed by atoms with Crippen molar-refractivity contribution in [1.82, 2.24) is 15.0 Å². The van der Waals surface area contributed by atoms with Crippen LogP contribution in [0.25, 0.3) is 22.6 Å². The standard InChI is InChI=1S/C19H22N4O2/c1-3-24-10-5-8-21-19-22-13-16(15-7-9-20-12-14(15)2)18(23-19)17-6-4-11-25-17/h4,6-7,9,11-13H,3,5,8,10H2,1-2H3,(H,21,22,23). The molecule has 0 atom stereocenters. The summed E-state index contributed by atoms with van der Waals surface area (Å²) in [4.78, 5) is 13.3. The Balaban J connectivity index is 1.88. The summed E-state index contributed by atoms with van der Waals surface area (Å²) in [6.45, 7) is 6.23. The van der Waals surface area contributed by atoms with Crippen molar-refractivity contribution in [2.75, 3.05) is 25.1 Å². The molecule has 6 nitrogen and oxygen atoms in total. The number of aromatic nitrogens is 3. The van der Waals surface area contributed by atoms with Crippen LogP contribution >= 0.6 is 0 Å². The summed E-state index contributed by atoms with van der Waals surface area (Å²) >= 11 is 0. The van der Waals surface area contributed by atoms with E-state index in [4.69, 9.17) is 9.15 Å². The van der Waals surface area contributed by atoms with Crippen LogP contribution in [0.3, 0.4) is 0 Å². The fourth-order valence-electron chi connectivity index (χ4n) is 2.56. The summed E-state index contributed by atoms with van der Waals surface area (Å²) in [6.07, 6.45) is 7.99. The summed E-state index contributed by atoms with van der Waals surface area (Å²) < 4.78 is 10.9. The molecule has 3 aromatic rings. The van der Waals surface area contributed by atoms with E-state index >= 15 is 0 Å². The Labute approximate surface area is 147 Å². The highest BCUT2D eigenvalue weighted by atomic mass is 16.5. The van der Waals surface area contributed by atoms with Gasteiger partial charge in [0.05, 0.1) is 6.26 Å². The van der Waals surface area contributed by atoms with Gasteiger partial charge in [0.1, 0.15) is 5.69 Å². The second kappa shape index (κ2) is 8.39. The quantitative estimate of drug-likeness (QED) is 0.627. The van der Waals surface area contributed by atoms with Crippen molar-refractivity contribution in [3.63, 3.8) is 0 Å². The van der Waals surface area contributed by atoms with Crippen molar-refractivity contribution < 1.29 is 9.15 Å². The van der Waals surface area contributed by atoms with Crippen LogP contribution in [0.4, 0.5) is 5.95 Å². The van der Waals surface area contributed by atoms with Gasteiger partial charge in [-0.1, -0.05) is 0 Å². The number of hydrogen-bond donors (Lipinski definition) is 1. The molecule has 0 aliphatic heterocycles. The fraction of sp³-hybridized carbons (Fsp3) is 0.316. The lowest BCUT2D eigenvalue weighted by atomic mass is 10.0. The first-order valence-corrected chi connectivity index (χ1v) is 8.43. The first kappa shape index (κ1) is 17.1. The van der Waals surface area contributed by atoms with Crippen molar-refractivity contribution in [3.8, 4) is 22.6 Å². The molecule has 0 saturated heterocycles. The van der Waals surface area contributed by atoms with Crippen LogP contribution in [0.15, 0.2) is 47.5 Å². The van der Waals surface area contributed by atoms with Crippen LogP contribution in [-0.4, -0.2) is 34.7 Å². The Morgan fingerprint density at radius 2 is 2.12 bits per heavy atom. The highest BCUT2D eigenvalue weighted by Gasteiger charge is 2.15. The molecular weight excluding hydrogens is 316 g/mol. The van der Waals surface area contributed by atoms with Crippen molar-refractivity contribution in [2.45, 2.75) is 20.3 Å². The Kier molecular flexibility index (Phi) is 5.74. The van der Waals surface area contributed by atoms with Crippen molar-refractivity contribution >= 4 is 5.95 Å². The highest BCUT2D eigenvalue weighted by Crippen LogP contribution is 2.32. The molecule has 0 aliphatic carbocycles. The second-order valence-electron chi connectivity index (χ2n) is 5.60. The van der Waals surface area contributed by atoms with Gasteiger partial charge in [-0.2, -0.15) is 0 Å². The molecular formula is C19H22N4O2. The van der Waals surface area contributed by atoms with Crippen molar-refractivity contribution in [2.24, 2.45) is 0 Å². The number of furan rings is 1. The maximum atomic E-state index is 5.58. The van der Waals surface area contributed by atoms with Gasteiger partial charge in [-0.3, -0.25) is 4.98 Å². The molecule has 0 amide bonds. The molecule has 3 heterocycles. The summed E-state index contributed by atoms with van der Waals surface area (Å²) in [7, 11) is 0. The first-order valence-electron chi connectivity index (χ1n) is 8.43. The first-order chi connectivity index (χ1) is 12.3. The number of hydrogen-bond acceptors (Lipinski definition) is 6. The molecule has 0 spiro atoms. The minimum Gasteiger partial charge on any atom is -0.463 e. The van der Waals surface area contributed by atoms with E-state index in [1.54, 1.807) is 12.5 Å². The van der Waals surface area contributed by atoms with E-state index in [1.165, 1.54) is 0 Å². The zero-order valence-corrected chi connectivity index (χ0v) is 14.5. The van der Waals surface area contributed by atoms with Gasteiger partial charge in [-0.15, -0.1) is 0 Å². The topological polar surface area (TPSA) is 73.1 Å². The van der Waals surface area contributed by atoms with Crippen LogP contribution in [0, 0.1) is 6.92 Å². The van der Waals surface area contributed by atoms with Crippen molar-refractivity contribution in [1.29, 1.82) is 0 Å². The average molecular weight is 338 g/mol. The number of anilines is 1. The fourth-order valence-corrected chi connectivity index (χ4v) is 2.56. The van der Waals surface area contributed by atoms with Gasteiger partial charge in [0.25, 0.3) is 0 Å². The zero-order chi connectivity index (χ0) is 17.5. The van der Waals surface area contributed by atoms with E-state index in [0.717, 1.165) is 48.6 Å². The minimum absolute atomic E-state index is 0.582. The number of pyridine rings is 1.